The molecule has 15 heavy (non-hydrogen) atoms. The summed E-state index contributed by atoms with van der Waals surface area (Å²) in [4.78, 5) is 11.6. The van der Waals surface area contributed by atoms with Gasteiger partial charge in [-0.3, -0.25) is 4.79 Å². The van der Waals surface area contributed by atoms with E-state index in [0.29, 0.717) is 5.56 Å². The summed E-state index contributed by atoms with van der Waals surface area (Å²) in [6.07, 6.45) is 0. The van der Waals surface area contributed by atoms with Crippen molar-refractivity contribution in [2.45, 2.75) is 19.8 Å². The van der Waals surface area contributed by atoms with Crippen LogP contribution < -0.4 is 4.74 Å². The van der Waals surface area contributed by atoms with Crippen molar-refractivity contribution in [3.63, 3.8) is 0 Å². The highest BCUT2D eigenvalue weighted by Crippen LogP contribution is 2.25. The summed E-state index contributed by atoms with van der Waals surface area (Å²) in [5.41, 5.74) is 1.68. The summed E-state index contributed by atoms with van der Waals surface area (Å²) in [5.74, 6) is 1.03. The van der Waals surface area contributed by atoms with Crippen molar-refractivity contribution in [1.29, 1.82) is 0 Å². The Morgan fingerprint density at radius 3 is 2.60 bits per heavy atom. The number of halogens is 1. The molecule has 0 radical (unpaired) electrons. The second-order valence-electron chi connectivity index (χ2n) is 3.66. The number of hydrogen-bond donors (Lipinski definition) is 0. The fourth-order valence-corrected chi connectivity index (χ4v) is 1.62. The molecule has 1 aromatic carbocycles. The summed E-state index contributed by atoms with van der Waals surface area (Å²) in [7, 11) is 1.61. The van der Waals surface area contributed by atoms with Crippen LogP contribution in [0.3, 0.4) is 0 Å². The Labute approximate surface area is 95.2 Å². The second-order valence-corrected chi connectivity index (χ2v) is 3.93. The van der Waals surface area contributed by atoms with Crippen LogP contribution in [0.2, 0.25) is 0 Å². The second kappa shape index (κ2) is 5.17. The van der Waals surface area contributed by atoms with Gasteiger partial charge in [0.25, 0.3) is 0 Å². The van der Waals surface area contributed by atoms with Crippen molar-refractivity contribution in [3.05, 3.63) is 29.3 Å². The average molecular weight is 227 g/mol. The lowest BCUT2D eigenvalue weighted by Gasteiger charge is -2.12. The molecule has 0 saturated carbocycles. The molecule has 2 nitrogen and oxygen atoms in total. The smallest absolute Gasteiger partial charge is 0.177 e. The van der Waals surface area contributed by atoms with Crippen LogP contribution in [0.15, 0.2) is 18.2 Å². The lowest BCUT2D eigenvalue weighted by atomic mass is 9.95. The van der Waals surface area contributed by atoms with Gasteiger partial charge in [-0.05, 0) is 29.7 Å². The molecule has 1 aromatic rings. The molecule has 0 spiro atoms. The number of carbonyl (C=O) groups excluding carboxylic acids is 1. The largest absolute Gasteiger partial charge is 0.497 e. The predicted octanol–water partition coefficient (Wildman–Crippen LogP) is 3.24. The number of ketones is 1. The molecule has 0 fully saturated rings. The van der Waals surface area contributed by atoms with Crippen molar-refractivity contribution < 1.29 is 9.53 Å². The maximum atomic E-state index is 11.6. The molecule has 0 saturated heterocycles. The maximum absolute atomic E-state index is 11.6. The van der Waals surface area contributed by atoms with Gasteiger partial charge in [-0.1, -0.05) is 13.8 Å². The fraction of sp³-hybridized carbons (Fsp3) is 0.417. The van der Waals surface area contributed by atoms with Gasteiger partial charge < -0.3 is 4.74 Å². The van der Waals surface area contributed by atoms with Crippen molar-refractivity contribution in [1.82, 2.24) is 0 Å². The first-order valence-electron chi connectivity index (χ1n) is 4.87. The average Bonchev–Trinajstić information content (AvgIpc) is 2.27. The van der Waals surface area contributed by atoms with Crippen molar-refractivity contribution in [2.75, 3.05) is 13.0 Å². The van der Waals surface area contributed by atoms with Crippen LogP contribution in [0.4, 0.5) is 0 Å². The number of methoxy groups -OCH3 is 1. The zero-order chi connectivity index (χ0) is 11.4. The van der Waals surface area contributed by atoms with Crippen molar-refractivity contribution in [2.24, 2.45) is 0 Å². The van der Waals surface area contributed by atoms with E-state index in [1.54, 1.807) is 19.2 Å². The zero-order valence-corrected chi connectivity index (χ0v) is 9.97. The van der Waals surface area contributed by atoms with Gasteiger partial charge in [-0.2, -0.15) is 0 Å². The standard InChI is InChI=1S/C12H15ClO2/c1-8(2)11-6-9(15-3)4-5-10(11)12(14)7-13/h4-6,8H,7H2,1-3H3. The molecule has 82 valence electrons. The van der Waals surface area contributed by atoms with Gasteiger partial charge in [-0.15, -0.1) is 11.6 Å². The fourth-order valence-electron chi connectivity index (χ4n) is 1.47. The molecule has 0 unspecified atom stereocenters. The minimum absolute atomic E-state index is 0.0199. The van der Waals surface area contributed by atoms with E-state index in [1.807, 2.05) is 19.9 Å². The van der Waals surface area contributed by atoms with Crippen LogP contribution in [-0.2, 0) is 0 Å². The van der Waals surface area contributed by atoms with Gasteiger partial charge in [0.1, 0.15) is 5.75 Å². The van der Waals surface area contributed by atoms with E-state index in [-0.39, 0.29) is 17.6 Å². The van der Waals surface area contributed by atoms with E-state index >= 15 is 0 Å². The monoisotopic (exact) mass is 226 g/mol. The Morgan fingerprint density at radius 1 is 1.47 bits per heavy atom. The molecule has 0 aliphatic heterocycles. The Balaban J connectivity index is 3.21. The van der Waals surface area contributed by atoms with E-state index in [4.69, 9.17) is 16.3 Å². The highest BCUT2D eigenvalue weighted by atomic mass is 35.5. The third-order valence-electron chi connectivity index (χ3n) is 2.30. The first-order chi connectivity index (χ1) is 7.10. The first-order valence-corrected chi connectivity index (χ1v) is 5.40. The zero-order valence-electron chi connectivity index (χ0n) is 9.21. The van der Waals surface area contributed by atoms with Gasteiger partial charge in [0.15, 0.2) is 5.78 Å². The number of ether oxygens (including phenoxy) is 1. The van der Waals surface area contributed by atoms with E-state index in [9.17, 15) is 4.79 Å². The topological polar surface area (TPSA) is 26.3 Å². The molecule has 0 atom stereocenters. The van der Waals surface area contributed by atoms with Gasteiger partial charge in [0, 0.05) is 5.56 Å². The number of hydrogen-bond acceptors (Lipinski definition) is 2. The quantitative estimate of drug-likeness (QED) is 0.582. The van der Waals surface area contributed by atoms with Crippen LogP contribution in [0.5, 0.6) is 5.75 Å². The third-order valence-corrected chi connectivity index (χ3v) is 2.55. The summed E-state index contributed by atoms with van der Waals surface area (Å²) >= 11 is 5.56. The first kappa shape index (κ1) is 12.1. The van der Waals surface area contributed by atoms with E-state index in [0.717, 1.165) is 11.3 Å². The van der Waals surface area contributed by atoms with Gasteiger partial charge in [0.05, 0.1) is 13.0 Å². The molecule has 0 aromatic heterocycles. The normalized spacial score (nSPS) is 10.5. The molecule has 0 bridgehead atoms. The van der Waals surface area contributed by atoms with Crippen molar-refractivity contribution >= 4 is 17.4 Å². The summed E-state index contributed by atoms with van der Waals surface area (Å²) in [6.45, 7) is 4.08. The minimum atomic E-state index is -0.0389. The predicted molar refractivity (Wildman–Crippen MR) is 62.1 cm³/mol. The van der Waals surface area contributed by atoms with E-state index < -0.39 is 0 Å². The minimum Gasteiger partial charge on any atom is -0.497 e. The summed E-state index contributed by atoms with van der Waals surface area (Å²) in [6, 6.07) is 5.45. The molecule has 3 heteroatoms. The van der Waals surface area contributed by atoms with Crippen LogP contribution in [0, 0.1) is 0 Å². The van der Waals surface area contributed by atoms with E-state index in [1.165, 1.54) is 0 Å². The molecular weight excluding hydrogens is 212 g/mol. The molecule has 0 heterocycles. The SMILES string of the molecule is COc1ccc(C(=O)CCl)c(C(C)C)c1. The number of alkyl halides is 1. The Morgan fingerprint density at radius 2 is 2.13 bits per heavy atom. The Bertz CT molecular complexity index is 359. The molecule has 0 aliphatic carbocycles. The van der Waals surface area contributed by atoms with Crippen molar-refractivity contribution in [3.8, 4) is 5.75 Å². The van der Waals surface area contributed by atoms with E-state index in [2.05, 4.69) is 0 Å². The van der Waals surface area contributed by atoms with Gasteiger partial charge in [0.2, 0.25) is 0 Å². The molecular formula is C12H15ClO2. The van der Waals surface area contributed by atoms with Crippen LogP contribution in [-0.4, -0.2) is 18.8 Å². The highest BCUT2D eigenvalue weighted by molar-refractivity contribution is 6.30. The number of benzene rings is 1. The maximum Gasteiger partial charge on any atom is 0.177 e. The van der Waals surface area contributed by atoms with Crippen LogP contribution in [0.25, 0.3) is 0 Å². The highest BCUT2D eigenvalue weighted by Gasteiger charge is 2.13. The van der Waals surface area contributed by atoms with Gasteiger partial charge >= 0.3 is 0 Å². The number of rotatable bonds is 4. The molecule has 0 N–H and O–H groups in total. The number of carbonyl (C=O) groups is 1. The van der Waals surface area contributed by atoms with Crippen LogP contribution in [0.1, 0.15) is 35.7 Å². The van der Waals surface area contributed by atoms with Gasteiger partial charge in [-0.25, -0.2) is 0 Å². The molecule has 0 aliphatic rings. The molecule has 0 amide bonds. The Kier molecular flexibility index (Phi) is 4.15. The van der Waals surface area contributed by atoms with Crippen LogP contribution >= 0.6 is 11.6 Å². The number of Topliss-reactive ketones (excluding diaryl/α,β-unsaturated/α-hetero) is 1. The summed E-state index contributed by atoms with van der Waals surface area (Å²) < 4.78 is 5.13. The molecule has 1 rings (SSSR count). The summed E-state index contributed by atoms with van der Waals surface area (Å²) in [5, 5.41) is 0. The third kappa shape index (κ3) is 2.72. The lowest BCUT2D eigenvalue weighted by molar-refractivity contribution is 0.102. The lowest BCUT2D eigenvalue weighted by Crippen LogP contribution is -2.06. The Hall–Kier alpha value is -1.02.